The van der Waals surface area contributed by atoms with Crippen LogP contribution in [0.1, 0.15) is 128 Å². The van der Waals surface area contributed by atoms with Crippen LogP contribution < -0.4 is 5.32 Å². The Hall–Kier alpha value is -1.88. The van der Waals surface area contributed by atoms with Gasteiger partial charge in [-0.05, 0) is 135 Å². The first kappa shape index (κ1) is 28.9. The van der Waals surface area contributed by atoms with Crippen LogP contribution in [0.5, 0.6) is 0 Å². The zero-order valence-electron chi connectivity index (χ0n) is 27.0. The normalized spacial score (nSPS) is 50.5. The maximum absolute atomic E-state index is 13.0. The van der Waals surface area contributed by atoms with E-state index in [1.54, 1.807) is 0 Å². The van der Waals surface area contributed by atoms with Crippen LogP contribution in [0.15, 0.2) is 24.3 Å². The number of carbonyl (C=O) groups is 2. The number of aliphatic carboxylic acids is 1. The van der Waals surface area contributed by atoms with Gasteiger partial charge in [0, 0.05) is 17.0 Å². The summed E-state index contributed by atoms with van der Waals surface area (Å²) in [6.07, 6.45) is 11.2. The molecule has 5 nitrogen and oxygen atoms in total. The second-order valence-electron chi connectivity index (χ2n) is 16.9. The van der Waals surface area contributed by atoms with E-state index < -0.39 is 11.4 Å². The SMILES string of the molecule is COC(=O)c1ccc(C2CC[C@]3(C)[C@H]4CC[C@@H]5[C@H]6[C@H](C(C)C)CC[C@]6(C(=O)O)CC[C@@]5(C)[C@]4(C)CC[C@]34NC24C)cc1. The van der Waals surface area contributed by atoms with Crippen LogP contribution in [0, 0.1) is 51.2 Å². The van der Waals surface area contributed by atoms with E-state index in [2.05, 4.69) is 59.0 Å². The molecule has 2 N–H and O–H groups in total. The summed E-state index contributed by atoms with van der Waals surface area (Å²) < 4.78 is 4.94. The van der Waals surface area contributed by atoms with E-state index in [4.69, 9.17) is 4.74 Å². The Morgan fingerprint density at radius 1 is 0.857 bits per heavy atom. The van der Waals surface area contributed by atoms with Crippen molar-refractivity contribution in [2.24, 2.45) is 51.2 Å². The summed E-state index contributed by atoms with van der Waals surface area (Å²) in [7, 11) is 1.44. The molecule has 7 rings (SSSR count). The third kappa shape index (κ3) is 3.20. The topological polar surface area (TPSA) is 85.5 Å². The number of methoxy groups -OCH3 is 1. The van der Waals surface area contributed by atoms with Crippen molar-refractivity contribution in [2.45, 2.75) is 123 Å². The fourth-order valence-corrected chi connectivity index (χ4v) is 13.6. The second-order valence-corrected chi connectivity index (χ2v) is 16.9. The van der Waals surface area contributed by atoms with Gasteiger partial charge in [-0.25, -0.2) is 4.79 Å². The Morgan fingerprint density at radius 3 is 2.19 bits per heavy atom. The summed E-state index contributed by atoms with van der Waals surface area (Å²) in [4.78, 5) is 25.0. The average Bonchev–Trinajstić information content (AvgIpc) is 3.40. The number of carbonyl (C=O) groups excluding carboxylic acids is 1. The zero-order chi connectivity index (χ0) is 30.1. The zero-order valence-corrected chi connectivity index (χ0v) is 27.0. The standard InChI is InChI=1S/C37H53NO4/c1-22(2)25-14-17-36(31(40)41)20-18-32(3)27(29(25)36)12-13-28-33(32,4)19-21-37-34(28,5)16-15-26(35(37,6)38-37)23-8-10-24(11-9-23)30(39)42-7/h8-11,22,25-29,38H,12-21H2,1-7H3,(H,40,41)/t25-,26?,27+,28-,29+,32+,33+,34+,35?,36-,37-/m0/s1. The van der Waals surface area contributed by atoms with Crippen LogP contribution in [-0.2, 0) is 9.53 Å². The van der Waals surface area contributed by atoms with Crippen molar-refractivity contribution in [3.8, 4) is 0 Å². The molecule has 5 saturated carbocycles. The first-order chi connectivity index (χ1) is 19.7. The number of hydrogen-bond acceptors (Lipinski definition) is 4. The minimum Gasteiger partial charge on any atom is -0.481 e. The highest BCUT2D eigenvalue weighted by Gasteiger charge is 2.82. The van der Waals surface area contributed by atoms with Gasteiger partial charge in [0.05, 0.1) is 18.1 Å². The molecule has 0 amide bonds. The molecule has 6 fully saturated rings. The number of rotatable bonds is 4. The van der Waals surface area contributed by atoms with Crippen molar-refractivity contribution in [2.75, 3.05) is 7.11 Å². The molecule has 1 aliphatic heterocycles. The Morgan fingerprint density at radius 2 is 1.55 bits per heavy atom. The average molecular weight is 576 g/mol. The van der Waals surface area contributed by atoms with Gasteiger partial charge in [-0.3, -0.25) is 4.79 Å². The molecular weight excluding hydrogens is 522 g/mol. The molecule has 1 spiro atoms. The predicted molar refractivity (Wildman–Crippen MR) is 164 cm³/mol. The molecule has 1 saturated heterocycles. The second kappa shape index (κ2) is 8.86. The number of nitrogens with one attached hydrogen (secondary N) is 1. The van der Waals surface area contributed by atoms with Crippen molar-refractivity contribution in [1.82, 2.24) is 5.32 Å². The van der Waals surface area contributed by atoms with E-state index in [-0.39, 0.29) is 33.3 Å². The van der Waals surface area contributed by atoms with Crippen molar-refractivity contribution in [3.63, 3.8) is 0 Å². The molecule has 0 radical (unpaired) electrons. The molecule has 6 aliphatic rings. The molecule has 2 unspecified atom stereocenters. The lowest BCUT2D eigenvalue weighted by molar-refractivity contribution is -0.224. The van der Waals surface area contributed by atoms with Crippen LogP contribution in [0.25, 0.3) is 0 Å². The Labute approximate surface area is 252 Å². The van der Waals surface area contributed by atoms with Gasteiger partial charge >= 0.3 is 11.9 Å². The van der Waals surface area contributed by atoms with Crippen LogP contribution in [0.4, 0.5) is 0 Å². The third-order valence-corrected chi connectivity index (χ3v) is 15.9. The Balaban J connectivity index is 1.21. The first-order valence-electron chi connectivity index (χ1n) is 17.0. The molecule has 1 aromatic rings. The van der Waals surface area contributed by atoms with Gasteiger partial charge < -0.3 is 15.2 Å². The number of fused-ring (bicyclic) bond motifs is 6. The van der Waals surface area contributed by atoms with Crippen LogP contribution in [-0.4, -0.2) is 35.2 Å². The monoisotopic (exact) mass is 575 g/mol. The number of hydrogen-bond donors (Lipinski definition) is 2. The molecule has 42 heavy (non-hydrogen) atoms. The number of carboxylic acids is 1. The van der Waals surface area contributed by atoms with Crippen LogP contribution in [0.2, 0.25) is 0 Å². The highest BCUT2D eigenvalue weighted by molar-refractivity contribution is 5.89. The summed E-state index contributed by atoms with van der Waals surface area (Å²) in [5.41, 5.74) is 2.29. The minimum absolute atomic E-state index is 0.0606. The highest BCUT2D eigenvalue weighted by Crippen LogP contribution is 2.80. The van der Waals surface area contributed by atoms with Crippen LogP contribution in [0.3, 0.4) is 0 Å². The van der Waals surface area contributed by atoms with E-state index >= 15 is 0 Å². The summed E-state index contributed by atoms with van der Waals surface area (Å²) >= 11 is 0. The van der Waals surface area contributed by atoms with E-state index in [0.29, 0.717) is 41.1 Å². The van der Waals surface area contributed by atoms with Gasteiger partial charge in [0.25, 0.3) is 0 Å². The molecule has 1 heterocycles. The molecule has 11 atom stereocenters. The van der Waals surface area contributed by atoms with Crippen molar-refractivity contribution < 1.29 is 19.4 Å². The fourth-order valence-electron chi connectivity index (χ4n) is 13.6. The summed E-state index contributed by atoms with van der Waals surface area (Å²) in [6, 6.07) is 8.17. The fraction of sp³-hybridized carbons (Fsp3) is 0.784. The molecule has 0 aromatic heterocycles. The van der Waals surface area contributed by atoms with Crippen LogP contribution >= 0.6 is 0 Å². The Bertz CT molecular complexity index is 1310. The molecule has 0 bridgehead atoms. The third-order valence-electron chi connectivity index (χ3n) is 15.9. The van der Waals surface area contributed by atoms with Gasteiger partial charge in [0.2, 0.25) is 0 Å². The maximum atomic E-state index is 13.0. The number of carboxylic acid groups (broad SMARTS) is 1. The van der Waals surface area contributed by atoms with Gasteiger partial charge in [0.1, 0.15) is 0 Å². The molecule has 5 heteroatoms. The van der Waals surface area contributed by atoms with Gasteiger partial charge in [0.15, 0.2) is 0 Å². The van der Waals surface area contributed by atoms with Crippen molar-refractivity contribution in [3.05, 3.63) is 35.4 Å². The smallest absolute Gasteiger partial charge is 0.337 e. The van der Waals surface area contributed by atoms with Gasteiger partial charge in [-0.15, -0.1) is 0 Å². The number of esters is 1. The molecule has 1 aromatic carbocycles. The lowest BCUT2D eigenvalue weighted by atomic mass is 9.32. The first-order valence-corrected chi connectivity index (χ1v) is 17.0. The van der Waals surface area contributed by atoms with Gasteiger partial charge in [-0.2, -0.15) is 0 Å². The predicted octanol–water partition coefficient (Wildman–Crippen LogP) is 7.84. The summed E-state index contributed by atoms with van der Waals surface area (Å²) in [5, 5.41) is 14.9. The lowest BCUT2D eigenvalue weighted by Gasteiger charge is -2.71. The Kier molecular flexibility index (Phi) is 6.09. The van der Waals surface area contributed by atoms with E-state index in [0.717, 1.165) is 32.1 Å². The lowest BCUT2D eigenvalue weighted by Crippen LogP contribution is -2.68. The van der Waals surface area contributed by atoms with Crippen molar-refractivity contribution in [1.29, 1.82) is 0 Å². The molecular formula is C37H53NO4. The quantitative estimate of drug-likeness (QED) is 0.282. The molecule has 5 aliphatic carbocycles. The highest BCUT2D eigenvalue weighted by atomic mass is 16.5. The van der Waals surface area contributed by atoms with Crippen molar-refractivity contribution >= 4 is 11.9 Å². The van der Waals surface area contributed by atoms with E-state index in [9.17, 15) is 14.7 Å². The van der Waals surface area contributed by atoms with E-state index in [1.165, 1.54) is 44.8 Å². The minimum atomic E-state index is -0.504. The summed E-state index contributed by atoms with van der Waals surface area (Å²) in [6.45, 7) is 15.0. The maximum Gasteiger partial charge on any atom is 0.337 e. The number of benzene rings is 1. The van der Waals surface area contributed by atoms with E-state index in [1.807, 2.05) is 12.1 Å². The summed E-state index contributed by atoms with van der Waals surface area (Å²) in [5.74, 6) is 2.22. The van der Waals surface area contributed by atoms with Gasteiger partial charge in [-0.1, -0.05) is 46.8 Å². The number of ether oxygens (including phenoxy) is 1. The molecule has 230 valence electrons. The largest absolute Gasteiger partial charge is 0.481 e.